The van der Waals surface area contributed by atoms with E-state index < -0.39 is 0 Å². The first-order valence-corrected chi connectivity index (χ1v) is 7.67. The lowest BCUT2D eigenvalue weighted by Crippen LogP contribution is -2.13. The van der Waals surface area contributed by atoms with Crippen molar-refractivity contribution < 1.29 is 14.3 Å². The third kappa shape index (κ3) is 7.66. The Labute approximate surface area is 128 Å². The van der Waals surface area contributed by atoms with Gasteiger partial charge in [0, 0.05) is 7.11 Å². The Balaban J connectivity index is 2.45. The number of allylic oxidation sites excluding steroid dienone is 1. The van der Waals surface area contributed by atoms with Gasteiger partial charge in [-0.2, -0.15) is 0 Å². The highest BCUT2D eigenvalue weighted by Crippen LogP contribution is 2.07. The zero-order valence-corrected chi connectivity index (χ0v) is 13.1. The van der Waals surface area contributed by atoms with E-state index in [1.807, 2.05) is 36.4 Å². The summed E-state index contributed by atoms with van der Waals surface area (Å²) in [5, 5.41) is 0. The molecule has 0 aliphatic carbocycles. The van der Waals surface area contributed by atoms with Crippen LogP contribution in [0.5, 0.6) is 0 Å². The molecule has 0 unspecified atom stereocenters. The number of methoxy groups -OCH3 is 1. The molecular formula is C18H26O3. The number of hydrogen-bond acceptors (Lipinski definition) is 3. The van der Waals surface area contributed by atoms with Crippen molar-refractivity contribution in [1.82, 2.24) is 0 Å². The predicted octanol–water partition coefficient (Wildman–Crippen LogP) is 3.93. The molecule has 3 nitrogen and oxygen atoms in total. The van der Waals surface area contributed by atoms with Crippen molar-refractivity contribution in [2.75, 3.05) is 20.3 Å². The zero-order chi connectivity index (χ0) is 15.3. The second-order valence-electron chi connectivity index (χ2n) is 5.05. The van der Waals surface area contributed by atoms with Crippen molar-refractivity contribution in [2.45, 2.75) is 39.0 Å². The van der Waals surface area contributed by atoms with E-state index in [0.29, 0.717) is 25.2 Å². The summed E-state index contributed by atoms with van der Waals surface area (Å²) in [7, 11) is 1.59. The van der Waals surface area contributed by atoms with E-state index in [1.165, 1.54) is 18.4 Å². The van der Waals surface area contributed by atoms with Gasteiger partial charge < -0.3 is 9.47 Å². The Morgan fingerprint density at radius 3 is 2.57 bits per heavy atom. The number of ether oxygens (including phenoxy) is 2. The summed E-state index contributed by atoms with van der Waals surface area (Å²) in [6.45, 7) is 2.95. The maximum absolute atomic E-state index is 12.0. The topological polar surface area (TPSA) is 35.5 Å². The van der Waals surface area contributed by atoms with E-state index in [0.717, 1.165) is 12.8 Å². The molecule has 0 spiro atoms. The van der Waals surface area contributed by atoms with Crippen LogP contribution in [0.2, 0.25) is 0 Å². The zero-order valence-electron chi connectivity index (χ0n) is 13.1. The summed E-state index contributed by atoms with van der Waals surface area (Å²) >= 11 is 0. The lowest BCUT2D eigenvalue weighted by Gasteiger charge is -2.08. The minimum atomic E-state index is -0.260. The predicted molar refractivity (Wildman–Crippen MR) is 85.2 cm³/mol. The van der Waals surface area contributed by atoms with E-state index >= 15 is 0 Å². The molecule has 0 fully saturated rings. The van der Waals surface area contributed by atoms with Crippen LogP contribution >= 0.6 is 0 Å². The molecule has 0 aliphatic rings. The maximum atomic E-state index is 12.0. The summed E-state index contributed by atoms with van der Waals surface area (Å²) in [5.41, 5.74) is 1.76. The van der Waals surface area contributed by atoms with Crippen molar-refractivity contribution >= 4 is 5.97 Å². The molecule has 1 aromatic rings. The molecule has 0 aromatic heterocycles. The fourth-order valence-electron chi connectivity index (χ4n) is 2.00. The molecule has 0 aliphatic heterocycles. The minimum Gasteiger partial charge on any atom is -0.462 e. The largest absolute Gasteiger partial charge is 0.462 e. The van der Waals surface area contributed by atoms with E-state index in [9.17, 15) is 4.79 Å². The smallest absolute Gasteiger partial charge is 0.336 e. The first-order chi connectivity index (χ1) is 10.3. The lowest BCUT2D eigenvalue weighted by molar-refractivity contribution is -0.139. The highest BCUT2D eigenvalue weighted by Gasteiger charge is 2.10. The lowest BCUT2D eigenvalue weighted by atomic mass is 10.1. The third-order valence-electron chi connectivity index (χ3n) is 3.22. The summed E-state index contributed by atoms with van der Waals surface area (Å²) in [4.78, 5) is 12.0. The van der Waals surface area contributed by atoms with Crippen molar-refractivity contribution in [3.05, 3.63) is 47.5 Å². The van der Waals surface area contributed by atoms with Gasteiger partial charge in [-0.25, -0.2) is 4.79 Å². The Hall–Kier alpha value is -1.61. The van der Waals surface area contributed by atoms with Crippen LogP contribution in [0.15, 0.2) is 42.0 Å². The third-order valence-corrected chi connectivity index (χ3v) is 3.22. The van der Waals surface area contributed by atoms with Crippen molar-refractivity contribution in [3.8, 4) is 0 Å². The minimum absolute atomic E-state index is 0.260. The van der Waals surface area contributed by atoms with Crippen LogP contribution in [0, 0.1) is 0 Å². The Morgan fingerprint density at radius 1 is 1.14 bits per heavy atom. The number of esters is 1. The van der Waals surface area contributed by atoms with E-state index in [4.69, 9.17) is 9.47 Å². The molecule has 0 bridgehead atoms. The van der Waals surface area contributed by atoms with Gasteiger partial charge in [-0.3, -0.25) is 0 Å². The van der Waals surface area contributed by atoms with Gasteiger partial charge in [0.25, 0.3) is 0 Å². The first kappa shape index (κ1) is 17.4. The Kier molecular flexibility index (Phi) is 9.21. The van der Waals surface area contributed by atoms with E-state index in [1.54, 1.807) is 7.11 Å². The van der Waals surface area contributed by atoms with Crippen LogP contribution in [0.25, 0.3) is 0 Å². The molecule has 0 saturated heterocycles. The van der Waals surface area contributed by atoms with Gasteiger partial charge in [0.15, 0.2) is 0 Å². The SMILES string of the molecule is CCCCCCOC(=O)C(=CCc1ccccc1)COC. The molecule has 1 rings (SSSR count). The Morgan fingerprint density at radius 2 is 1.90 bits per heavy atom. The Bertz CT molecular complexity index is 423. The fraction of sp³-hybridized carbons (Fsp3) is 0.500. The normalized spacial score (nSPS) is 11.4. The van der Waals surface area contributed by atoms with Crippen LogP contribution in [0.4, 0.5) is 0 Å². The number of hydrogen-bond donors (Lipinski definition) is 0. The number of rotatable bonds is 10. The fourth-order valence-corrected chi connectivity index (χ4v) is 2.00. The molecule has 0 saturated carbocycles. The standard InChI is InChI=1S/C18H26O3/c1-3-4-5-9-14-21-18(19)17(15-20-2)13-12-16-10-7-6-8-11-16/h6-8,10-11,13H,3-5,9,12,14-15H2,1-2H3. The number of benzene rings is 1. The van der Waals surface area contributed by atoms with Gasteiger partial charge in [-0.05, 0) is 18.4 Å². The van der Waals surface area contributed by atoms with Gasteiger partial charge in [0.1, 0.15) is 0 Å². The quantitative estimate of drug-likeness (QED) is 0.372. The van der Waals surface area contributed by atoms with Crippen LogP contribution in [-0.2, 0) is 20.7 Å². The van der Waals surface area contributed by atoms with E-state index in [2.05, 4.69) is 6.92 Å². The summed E-state index contributed by atoms with van der Waals surface area (Å²) in [6.07, 6.45) is 7.01. The van der Waals surface area contributed by atoms with Gasteiger partial charge in [-0.15, -0.1) is 0 Å². The molecule has 0 atom stereocenters. The highest BCUT2D eigenvalue weighted by molar-refractivity contribution is 5.88. The van der Waals surface area contributed by atoms with Gasteiger partial charge >= 0.3 is 5.97 Å². The van der Waals surface area contributed by atoms with Crippen molar-refractivity contribution in [2.24, 2.45) is 0 Å². The molecule has 116 valence electrons. The molecule has 1 aromatic carbocycles. The summed E-state index contributed by atoms with van der Waals surface area (Å²) in [5.74, 6) is -0.260. The number of carbonyl (C=O) groups is 1. The van der Waals surface area contributed by atoms with Gasteiger partial charge in [0.2, 0.25) is 0 Å². The monoisotopic (exact) mass is 290 g/mol. The van der Waals surface area contributed by atoms with Crippen molar-refractivity contribution in [1.29, 1.82) is 0 Å². The maximum Gasteiger partial charge on any atom is 0.336 e. The van der Waals surface area contributed by atoms with Gasteiger partial charge in [0.05, 0.1) is 18.8 Å². The van der Waals surface area contributed by atoms with Crippen molar-refractivity contribution in [3.63, 3.8) is 0 Å². The van der Waals surface area contributed by atoms with Crippen LogP contribution < -0.4 is 0 Å². The first-order valence-electron chi connectivity index (χ1n) is 7.67. The second-order valence-corrected chi connectivity index (χ2v) is 5.05. The second kappa shape index (κ2) is 11.1. The summed E-state index contributed by atoms with van der Waals surface area (Å²) < 4.78 is 10.4. The molecule has 21 heavy (non-hydrogen) atoms. The highest BCUT2D eigenvalue weighted by atomic mass is 16.5. The molecule has 0 amide bonds. The number of carbonyl (C=O) groups excluding carboxylic acids is 1. The molecule has 0 radical (unpaired) electrons. The molecule has 0 heterocycles. The van der Waals surface area contributed by atoms with Gasteiger partial charge in [-0.1, -0.05) is 62.6 Å². The van der Waals surface area contributed by atoms with Crippen LogP contribution in [0.3, 0.4) is 0 Å². The summed E-state index contributed by atoms with van der Waals surface area (Å²) in [6, 6.07) is 10.0. The average molecular weight is 290 g/mol. The average Bonchev–Trinajstić information content (AvgIpc) is 2.52. The van der Waals surface area contributed by atoms with Crippen LogP contribution in [0.1, 0.15) is 38.2 Å². The van der Waals surface area contributed by atoms with Crippen LogP contribution in [-0.4, -0.2) is 26.3 Å². The molecular weight excluding hydrogens is 264 g/mol. The van der Waals surface area contributed by atoms with E-state index in [-0.39, 0.29) is 5.97 Å². The molecule has 3 heteroatoms. The molecule has 0 N–H and O–H groups in total. The number of unbranched alkanes of at least 4 members (excludes halogenated alkanes) is 3.